The number of rotatable bonds is 5. The molecule has 1 atom stereocenters. The Morgan fingerprint density at radius 2 is 2.06 bits per heavy atom. The molecule has 0 saturated heterocycles. The lowest BCUT2D eigenvalue weighted by atomic mass is 9.95. The molecule has 0 amide bonds. The SMILES string of the molecule is COc1ccc(C(C=O)C2CC2)c(OC)c1. The van der Waals surface area contributed by atoms with Gasteiger partial charge in [-0.3, -0.25) is 0 Å². The van der Waals surface area contributed by atoms with Gasteiger partial charge >= 0.3 is 0 Å². The van der Waals surface area contributed by atoms with Crippen LogP contribution in [0.4, 0.5) is 0 Å². The number of benzene rings is 1. The molecule has 16 heavy (non-hydrogen) atoms. The molecule has 3 nitrogen and oxygen atoms in total. The highest BCUT2D eigenvalue weighted by Crippen LogP contribution is 2.44. The minimum atomic E-state index is -0.0270. The largest absolute Gasteiger partial charge is 0.497 e. The van der Waals surface area contributed by atoms with Crippen molar-refractivity contribution in [1.82, 2.24) is 0 Å². The zero-order chi connectivity index (χ0) is 11.5. The van der Waals surface area contributed by atoms with Gasteiger partial charge in [-0.2, -0.15) is 0 Å². The lowest BCUT2D eigenvalue weighted by Gasteiger charge is -2.14. The molecule has 86 valence electrons. The van der Waals surface area contributed by atoms with Crippen molar-refractivity contribution in [2.24, 2.45) is 5.92 Å². The Balaban J connectivity index is 2.34. The van der Waals surface area contributed by atoms with E-state index < -0.39 is 0 Å². The first-order valence-electron chi connectivity index (χ1n) is 5.47. The second kappa shape index (κ2) is 4.56. The van der Waals surface area contributed by atoms with Crippen molar-refractivity contribution < 1.29 is 14.3 Å². The monoisotopic (exact) mass is 220 g/mol. The van der Waals surface area contributed by atoms with Crippen molar-refractivity contribution in [1.29, 1.82) is 0 Å². The zero-order valence-electron chi connectivity index (χ0n) is 9.60. The number of hydrogen-bond donors (Lipinski definition) is 0. The molecule has 1 fully saturated rings. The van der Waals surface area contributed by atoms with E-state index in [0.717, 1.165) is 36.2 Å². The van der Waals surface area contributed by atoms with E-state index in [1.807, 2.05) is 18.2 Å². The summed E-state index contributed by atoms with van der Waals surface area (Å²) in [7, 11) is 3.24. The fourth-order valence-electron chi connectivity index (χ4n) is 1.99. The first-order chi connectivity index (χ1) is 7.80. The fourth-order valence-corrected chi connectivity index (χ4v) is 1.99. The van der Waals surface area contributed by atoms with Crippen LogP contribution in [0, 0.1) is 5.92 Å². The minimum absolute atomic E-state index is 0.0270. The molecule has 0 radical (unpaired) electrons. The summed E-state index contributed by atoms with van der Waals surface area (Å²) < 4.78 is 10.4. The van der Waals surface area contributed by atoms with Gasteiger partial charge in [0.15, 0.2) is 0 Å². The van der Waals surface area contributed by atoms with E-state index >= 15 is 0 Å². The minimum Gasteiger partial charge on any atom is -0.497 e. The molecule has 0 aliphatic heterocycles. The Morgan fingerprint density at radius 3 is 2.56 bits per heavy atom. The summed E-state index contributed by atoms with van der Waals surface area (Å²) in [6.45, 7) is 0. The summed E-state index contributed by atoms with van der Waals surface area (Å²) >= 11 is 0. The predicted molar refractivity (Wildman–Crippen MR) is 61.1 cm³/mol. The summed E-state index contributed by atoms with van der Waals surface area (Å²) in [6.07, 6.45) is 3.30. The van der Waals surface area contributed by atoms with Gasteiger partial charge in [0.25, 0.3) is 0 Å². The number of carbonyl (C=O) groups excluding carboxylic acids is 1. The van der Waals surface area contributed by atoms with Crippen molar-refractivity contribution in [2.75, 3.05) is 14.2 Å². The molecule has 1 aliphatic carbocycles. The molecule has 3 heteroatoms. The van der Waals surface area contributed by atoms with Crippen molar-refractivity contribution >= 4 is 6.29 Å². The van der Waals surface area contributed by atoms with E-state index in [0.29, 0.717) is 5.92 Å². The first-order valence-corrected chi connectivity index (χ1v) is 5.47. The third-order valence-corrected chi connectivity index (χ3v) is 3.08. The van der Waals surface area contributed by atoms with E-state index in [1.54, 1.807) is 14.2 Å². The summed E-state index contributed by atoms with van der Waals surface area (Å²) in [5.41, 5.74) is 0.973. The second-order valence-electron chi connectivity index (χ2n) is 4.11. The van der Waals surface area contributed by atoms with Crippen molar-refractivity contribution in [2.45, 2.75) is 18.8 Å². The van der Waals surface area contributed by atoms with Crippen LogP contribution in [-0.4, -0.2) is 20.5 Å². The van der Waals surface area contributed by atoms with Gasteiger partial charge < -0.3 is 14.3 Å². The molecule has 0 bridgehead atoms. The molecule has 1 aromatic rings. The Bertz CT molecular complexity index is 383. The van der Waals surface area contributed by atoms with Gasteiger partial charge in [0.05, 0.1) is 14.2 Å². The van der Waals surface area contributed by atoms with Gasteiger partial charge in [0.1, 0.15) is 17.8 Å². The maximum absolute atomic E-state index is 11.1. The molecular formula is C13H16O3. The van der Waals surface area contributed by atoms with Crippen LogP contribution in [0.1, 0.15) is 24.3 Å². The van der Waals surface area contributed by atoms with E-state index in [4.69, 9.17) is 9.47 Å². The molecule has 0 heterocycles. The lowest BCUT2D eigenvalue weighted by Crippen LogP contribution is -2.05. The first kappa shape index (κ1) is 11.0. The van der Waals surface area contributed by atoms with E-state index in [2.05, 4.69) is 0 Å². The van der Waals surface area contributed by atoms with Gasteiger partial charge in [0, 0.05) is 17.5 Å². The number of carbonyl (C=O) groups is 1. The van der Waals surface area contributed by atoms with Crippen LogP contribution < -0.4 is 9.47 Å². The van der Waals surface area contributed by atoms with Crippen LogP contribution in [0.15, 0.2) is 18.2 Å². The van der Waals surface area contributed by atoms with Crippen molar-refractivity contribution in [3.05, 3.63) is 23.8 Å². The highest BCUT2D eigenvalue weighted by Gasteiger charge is 2.33. The van der Waals surface area contributed by atoms with Crippen molar-refractivity contribution in [3.8, 4) is 11.5 Å². The molecule has 1 unspecified atom stereocenters. The summed E-state index contributed by atoms with van der Waals surface area (Å²) in [5, 5.41) is 0. The number of ether oxygens (including phenoxy) is 2. The van der Waals surface area contributed by atoms with Gasteiger partial charge in [0.2, 0.25) is 0 Å². The Hall–Kier alpha value is -1.51. The Labute approximate surface area is 95.4 Å². The summed E-state index contributed by atoms with van der Waals surface area (Å²) in [5.74, 6) is 1.96. The maximum atomic E-state index is 11.1. The molecule has 0 spiro atoms. The van der Waals surface area contributed by atoms with E-state index in [9.17, 15) is 4.79 Å². The standard InChI is InChI=1S/C13H16O3/c1-15-10-5-6-11(13(7-10)16-2)12(8-14)9-3-4-9/h5-9,12H,3-4H2,1-2H3. The molecule has 1 aromatic carbocycles. The topological polar surface area (TPSA) is 35.5 Å². The van der Waals surface area contributed by atoms with Crippen LogP contribution in [0.2, 0.25) is 0 Å². The highest BCUT2D eigenvalue weighted by atomic mass is 16.5. The fraction of sp³-hybridized carbons (Fsp3) is 0.462. The average Bonchev–Trinajstić information content (AvgIpc) is 3.15. The van der Waals surface area contributed by atoms with Crippen molar-refractivity contribution in [3.63, 3.8) is 0 Å². The quantitative estimate of drug-likeness (QED) is 0.715. The summed E-state index contributed by atoms with van der Waals surface area (Å²) in [4.78, 5) is 11.1. The van der Waals surface area contributed by atoms with Crippen LogP contribution >= 0.6 is 0 Å². The molecule has 0 aromatic heterocycles. The lowest BCUT2D eigenvalue weighted by molar-refractivity contribution is -0.109. The predicted octanol–water partition coefficient (Wildman–Crippen LogP) is 2.40. The maximum Gasteiger partial charge on any atom is 0.127 e. The molecule has 1 saturated carbocycles. The van der Waals surface area contributed by atoms with Crippen LogP contribution in [-0.2, 0) is 4.79 Å². The van der Waals surface area contributed by atoms with Gasteiger partial charge in [-0.25, -0.2) is 0 Å². The Morgan fingerprint density at radius 1 is 1.31 bits per heavy atom. The number of aldehydes is 1. The molecule has 1 aliphatic rings. The third kappa shape index (κ3) is 2.03. The second-order valence-corrected chi connectivity index (χ2v) is 4.11. The van der Waals surface area contributed by atoms with Crippen LogP contribution in [0.25, 0.3) is 0 Å². The molecule has 2 rings (SSSR count). The van der Waals surface area contributed by atoms with E-state index in [-0.39, 0.29) is 5.92 Å². The smallest absolute Gasteiger partial charge is 0.127 e. The van der Waals surface area contributed by atoms with E-state index in [1.165, 1.54) is 0 Å². The van der Waals surface area contributed by atoms with Gasteiger partial charge in [-0.05, 0) is 24.8 Å². The van der Waals surface area contributed by atoms with Crippen LogP contribution in [0.5, 0.6) is 11.5 Å². The Kier molecular flexibility index (Phi) is 3.13. The highest BCUT2D eigenvalue weighted by molar-refractivity contribution is 5.66. The van der Waals surface area contributed by atoms with Crippen LogP contribution in [0.3, 0.4) is 0 Å². The average molecular weight is 220 g/mol. The number of methoxy groups -OCH3 is 2. The number of hydrogen-bond acceptors (Lipinski definition) is 3. The normalized spacial score (nSPS) is 16.6. The molecular weight excluding hydrogens is 204 g/mol. The summed E-state index contributed by atoms with van der Waals surface area (Å²) in [6, 6.07) is 5.62. The molecule has 0 N–H and O–H groups in total. The zero-order valence-corrected chi connectivity index (χ0v) is 9.60. The van der Waals surface area contributed by atoms with Gasteiger partial charge in [-0.1, -0.05) is 6.07 Å². The van der Waals surface area contributed by atoms with Gasteiger partial charge in [-0.15, -0.1) is 0 Å². The third-order valence-electron chi connectivity index (χ3n) is 3.08.